The summed E-state index contributed by atoms with van der Waals surface area (Å²) in [6, 6.07) is 4.88. The number of alkyl halides is 3. The molecule has 0 aliphatic rings. The SMILES string of the molecule is Cc1cc(C(F)(F)F)cc(O)c1-c1ccc2cn(C(CN)CN)nc2n1. The number of phenolic OH excluding ortho intramolecular Hbond substituents is 1. The Bertz CT molecular complexity index is 924. The Hall–Kier alpha value is -2.65. The van der Waals surface area contributed by atoms with Gasteiger partial charge in [0, 0.05) is 30.2 Å². The normalized spacial score (nSPS) is 12.3. The van der Waals surface area contributed by atoms with Gasteiger partial charge in [0.1, 0.15) is 5.75 Å². The maximum atomic E-state index is 12.9. The quantitative estimate of drug-likeness (QED) is 0.659. The van der Waals surface area contributed by atoms with Gasteiger partial charge >= 0.3 is 6.18 Å². The van der Waals surface area contributed by atoms with Crippen LogP contribution in [0.5, 0.6) is 5.75 Å². The average Bonchev–Trinajstić information content (AvgIpc) is 2.97. The second-order valence-electron chi connectivity index (χ2n) is 6.03. The van der Waals surface area contributed by atoms with Crippen molar-refractivity contribution >= 4 is 11.0 Å². The summed E-state index contributed by atoms with van der Waals surface area (Å²) >= 11 is 0. The molecule has 0 aliphatic carbocycles. The molecule has 0 saturated heterocycles. The van der Waals surface area contributed by atoms with Crippen LogP contribution < -0.4 is 11.5 Å². The number of phenols is 1. The van der Waals surface area contributed by atoms with Crippen molar-refractivity contribution in [2.24, 2.45) is 11.5 Å². The summed E-state index contributed by atoms with van der Waals surface area (Å²) in [4.78, 5) is 4.38. The Kier molecular flexibility index (Phi) is 4.59. The van der Waals surface area contributed by atoms with Crippen LogP contribution in [-0.2, 0) is 6.18 Å². The van der Waals surface area contributed by atoms with E-state index in [4.69, 9.17) is 11.5 Å². The third-order valence-corrected chi connectivity index (χ3v) is 4.20. The van der Waals surface area contributed by atoms with Gasteiger partial charge in [-0.2, -0.15) is 18.3 Å². The number of aromatic nitrogens is 3. The first kappa shape index (κ1) is 18.2. The molecule has 0 fully saturated rings. The second-order valence-corrected chi connectivity index (χ2v) is 6.03. The van der Waals surface area contributed by atoms with E-state index in [1.54, 1.807) is 23.0 Å². The minimum Gasteiger partial charge on any atom is -0.507 e. The lowest BCUT2D eigenvalue weighted by Crippen LogP contribution is -2.27. The summed E-state index contributed by atoms with van der Waals surface area (Å²) < 4.78 is 40.3. The molecule has 1 aromatic carbocycles. The van der Waals surface area contributed by atoms with Crippen molar-refractivity contribution in [3.8, 4) is 17.0 Å². The van der Waals surface area contributed by atoms with E-state index in [-0.39, 0.29) is 17.2 Å². The van der Waals surface area contributed by atoms with Gasteiger partial charge in [-0.1, -0.05) is 0 Å². The predicted octanol–water partition coefficient (Wildman–Crippen LogP) is 2.59. The Labute approximate surface area is 147 Å². The van der Waals surface area contributed by atoms with Crippen molar-refractivity contribution in [3.05, 3.63) is 41.6 Å². The van der Waals surface area contributed by atoms with Crippen molar-refractivity contribution in [2.45, 2.75) is 19.1 Å². The molecule has 0 amide bonds. The van der Waals surface area contributed by atoms with Crippen molar-refractivity contribution in [1.82, 2.24) is 14.8 Å². The highest BCUT2D eigenvalue weighted by atomic mass is 19.4. The molecule has 9 heteroatoms. The number of hydrogen-bond donors (Lipinski definition) is 3. The number of nitrogens with zero attached hydrogens (tertiary/aromatic N) is 3. The first-order chi connectivity index (χ1) is 12.2. The van der Waals surface area contributed by atoms with Gasteiger partial charge in [-0.3, -0.25) is 4.68 Å². The highest BCUT2D eigenvalue weighted by Gasteiger charge is 2.32. The van der Waals surface area contributed by atoms with Crippen molar-refractivity contribution < 1.29 is 18.3 Å². The maximum absolute atomic E-state index is 12.9. The molecule has 0 unspecified atom stereocenters. The highest BCUT2D eigenvalue weighted by molar-refractivity contribution is 5.80. The topological polar surface area (TPSA) is 103 Å². The van der Waals surface area contributed by atoms with E-state index in [1.807, 2.05) is 0 Å². The molecular formula is C17H18F3N5O. The molecule has 0 spiro atoms. The molecule has 138 valence electrons. The zero-order chi connectivity index (χ0) is 19.1. The fraction of sp³-hybridized carbons (Fsp3) is 0.294. The van der Waals surface area contributed by atoms with Crippen LogP contribution in [0.4, 0.5) is 13.2 Å². The predicted molar refractivity (Wildman–Crippen MR) is 91.5 cm³/mol. The number of hydrogen-bond acceptors (Lipinski definition) is 5. The Morgan fingerprint density at radius 1 is 1.19 bits per heavy atom. The molecule has 26 heavy (non-hydrogen) atoms. The first-order valence-corrected chi connectivity index (χ1v) is 7.91. The van der Waals surface area contributed by atoms with Gasteiger partial charge in [0.15, 0.2) is 5.65 Å². The summed E-state index contributed by atoms with van der Waals surface area (Å²) in [5.41, 5.74) is 11.7. The third kappa shape index (κ3) is 3.23. The van der Waals surface area contributed by atoms with E-state index >= 15 is 0 Å². The molecule has 3 rings (SSSR count). The van der Waals surface area contributed by atoms with Crippen molar-refractivity contribution in [2.75, 3.05) is 13.1 Å². The summed E-state index contributed by atoms with van der Waals surface area (Å²) in [6.07, 6.45) is -2.77. The lowest BCUT2D eigenvalue weighted by Gasteiger charge is -2.13. The third-order valence-electron chi connectivity index (χ3n) is 4.20. The summed E-state index contributed by atoms with van der Waals surface area (Å²) in [7, 11) is 0. The van der Waals surface area contributed by atoms with Crippen LogP contribution in [0, 0.1) is 6.92 Å². The van der Waals surface area contributed by atoms with Gasteiger partial charge in [-0.25, -0.2) is 4.98 Å². The number of nitrogens with two attached hydrogens (primary N) is 2. The summed E-state index contributed by atoms with van der Waals surface area (Å²) in [5, 5.41) is 15.2. The average molecular weight is 365 g/mol. The van der Waals surface area contributed by atoms with E-state index < -0.39 is 17.5 Å². The van der Waals surface area contributed by atoms with E-state index in [2.05, 4.69) is 10.1 Å². The second kappa shape index (κ2) is 6.58. The van der Waals surface area contributed by atoms with Crippen molar-refractivity contribution in [3.63, 3.8) is 0 Å². The molecule has 0 aliphatic heterocycles. The van der Waals surface area contributed by atoms with Gasteiger partial charge in [-0.15, -0.1) is 0 Å². The van der Waals surface area contributed by atoms with Crippen LogP contribution in [0.15, 0.2) is 30.5 Å². The summed E-state index contributed by atoms with van der Waals surface area (Å²) in [5.74, 6) is -0.481. The lowest BCUT2D eigenvalue weighted by molar-refractivity contribution is -0.137. The lowest BCUT2D eigenvalue weighted by atomic mass is 10.00. The van der Waals surface area contributed by atoms with Crippen LogP contribution in [0.25, 0.3) is 22.3 Å². The molecule has 0 atom stereocenters. The Morgan fingerprint density at radius 2 is 1.88 bits per heavy atom. The van der Waals surface area contributed by atoms with Gasteiger partial charge in [0.25, 0.3) is 0 Å². The fourth-order valence-electron chi connectivity index (χ4n) is 2.82. The molecule has 5 N–H and O–H groups in total. The van der Waals surface area contributed by atoms with Gasteiger partial charge in [0.05, 0.1) is 17.3 Å². The highest BCUT2D eigenvalue weighted by Crippen LogP contribution is 2.38. The van der Waals surface area contributed by atoms with Crippen LogP contribution in [0.1, 0.15) is 17.2 Å². The largest absolute Gasteiger partial charge is 0.507 e. The molecule has 3 aromatic rings. The fourth-order valence-corrected chi connectivity index (χ4v) is 2.82. The first-order valence-electron chi connectivity index (χ1n) is 7.91. The molecule has 6 nitrogen and oxygen atoms in total. The molecular weight excluding hydrogens is 347 g/mol. The van der Waals surface area contributed by atoms with Crippen LogP contribution in [0.3, 0.4) is 0 Å². The molecule has 0 radical (unpaired) electrons. The van der Waals surface area contributed by atoms with E-state index in [0.717, 1.165) is 11.5 Å². The smallest absolute Gasteiger partial charge is 0.416 e. The number of fused-ring (bicyclic) bond motifs is 1. The molecule has 2 aromatic heterocycles. The minimum absolute atomic E-state index is 0.172. The maximum Gasteiger partial charge on any atom is 0.416 e. The van der Waals surface area contributed by atoms with Crippen LogP contribution in [0.2, 0.25) is 0 Å². The Morgan fingerprint density at radius 3 is 2.46 bits per heavy atom. The number of aryl methyl sites for hydroxylation is 1. The zero-order valence-electron chi connectivity index (χ0n) is 14.0. The number of halogens is 3. The number of aromatic hydroxyl groups is 1. The van der Waals surface area contributed by atoms with Crippen molar-refractivity contribution in [1.29, 1.82) is 0 Å². The van der Waals surface area contributed by atoms with E-state index in [1.165, 1.54) is 6.92 Å². The van der Waals surface area contributed by atoms with Crippen LogP contribution >= 0.6 is 0 Å². The van der Waals surface area contributed by atoms with Gasteiger partial charge in [0.2, 0.25) is 0 Å². The minimum atomic E-state index is -4.53. The number of pyridine rings is 1. The number of benzene rings is 1. The van der Waals surface area contributed by atoms with E-state index in [0.29, 0.717) is 30.5 Å². The van der Waals surface area contributed by atoms with Gasteiger partial charge in [-0.05, 0) is 36.8 Å². The summed E-state index contributed by atoms with van der Waals surface area (Å²) in [6.45, 7) is 2.12. The molecule has 0 saturated carbocycles. The number of rotatable bonds is 4. The molecule has 2 heterocycles. The monoisotopic (exact) mass is 365 g/mol. The molecule has 0 bridgehead atoms. The standard InChI is InChI=1S/C17H18F3N5O/c1-9-4-11(17(18,19)20)5-14(26)15(9)13-3-2-10-8-25(12(6-21)7-22)24-16(10)23-13/h2-5,8,12,26H,6-7,21-22H2,1H3. The Balaban J connectivity index is 2.08. The van der Waals surface area contributed by atoms with E-state index in [9.17, 15) is 18.3 Å². The zero-order valence-corrected chi connectivity index (χ0v) is 14.0. The van der Waals surface area contributed by atoms with Crippen LogP contribution in [-0.4, -0.2) is 33.0 Å². The van der Waals surface area contributed by atoms with Gasteiger partial charge < -0.3 is 16.6 Å².